The zero-order chi connectivity index (χ0) is 17.9. The highest BCUT2D eigenvalue weighted by atomic mass is 32.2. The Morgan fingerprint density at radius 3 is 2.81 bits per heavy atom. The van der Waals surface area contributed by atoms with E-state index in [4.69, 9.17) is 5.73 Å². The number of nitrogens with one attached hydrogen (secondary N) is 1. The van der Waals surface area contributed by atoms with Gasteiger partial charge in [-0.15, -0.1) is 0 Å². The molecule has 0 spiro atoms. The molecule has 3 aromatic heterocycles. The molecule has 10 heteroatoms. The Bertz CT molecular complexity index is 1050. The number of fused-ring (bicyclic) bond motifs is 1. The largest absolute Gasteiger partial charge is 0.368 e. The van der Waals surface area contributed by atoms with Gasteiger partial charge in [0.25, 0.3) is 0 Å². The molecule has 0 saturated heterocycles. The van der Waals surface area contributed by atoms with Crippen LogP contribution >= 0.6 is 11.8 Å². The molecule has 0 aliphatic rings. The molecule has 0 fully saturated rings. The molecule has 3 heterocycles. The Balaban J connectivity index is 1.54. The first-order chi connectivity index (χ1) is 12.7. The van der Waals surface area contributed by atoms with Crippen LogP contribution in [0.25, 0.3) is 11.0 Å². The van der Waals surface area contributed by atoms with Gasteiger partial charge < -0.3 is 11.1 Å². The van der Waals surface area contributed by atoms with E-state index in [1.165, 1.54) is 18.1 Å². The third-order valence-corrected chi connectivity index (χ3v) is 4.56. The van der Waals surface area contributed by atoms with E-state index in [-0.39, 0.29) is 5.95 Å². The molecule has 26 heavy (non-hydrogen) atoms. The predicted octanol–water partition coefficient (Wildman–Crippen LogP) is 2.17. The summed E-state index contributed by atoms with van der Waals surface area (Å²) in [6.45, 7) is 0. The maximum Gasteiger partial charge on any atom is 0.232 e. The van der Waals surface area contributed by atoms with Crippen LogP contribution in [0.15, 0.2) is 47.9 Å². The monoisotopic (exact) mass is 365 g/mol. The second-order valence-electron chi connectivity index (χ2n) is 5.40. The zero-order valence-electron chi connectivity index (χ0n) is 13.9. The smallest absolute Gasteiger partial charge is 0.232 e. The quantitative estimate of drug-likeness (QED) is 0.405. The highest BCUT2D eigenvalue weighted by Crippen LogP contribution is 2.26. The Morgan fingerprint density at radius 2 is 1.96 bits per heavy atom. The molecule has 3 N–H and O–H groups in total. The molecule has 0 unspecified atom stereocenters. The molecule has 4 aromatic rings. The summed E-state index contributed by atoms with van der Waals surface area (Å²) in [6, 6.07) is 9.65. The van der Waals surface area contributed by atoms with Gasteiger partial charge in [0.05, 0.1) is 17.3 Å². The standard InChI is InChI=1S/C16H15N9S/c1-25-13-11(7-20-25)14(19-9-18-13)26-8-12-22-15(17)24-16(23-12)21-10-5-3-2-4-6-10/h2-7,9H,8H2,1H3,(H3,17,21,22,23,24). The van der Waals surface area contributed by atoms with Crippen LogP contribution in [0.3, 0.4) is 0 Å². The molecular formula is C16H15N9S. The molecule has 0 saturated carbocycles. The van der Waals surface area contributed by atoms with E-state index < -0.39 is 0 Å². The van der Waals surface area contributed by atoms with Gasteiger partial charge in [0.15, 0.2) is 5.65 Å². The molecule has 0 aliphatic heterocycles. The number of aryl methyl sites for hydroxylation is 1. The van der Waals surface area contributed by atoms with Crippen LogP contribution in [0.5, 0.6) is 0 Å². The summed E-state index contributed by atoms with van der Waals surface area (Å²) in [5.74, 6) is 1.64. The number of nitrogens with two attached hydrogens (primary N) is 1. The number of nitrogen functional groups attached to an aromatic ring is 1. The molecule has 0 amide bonds. The lowest BCUT2D eigenvalue weighted by Gasteiger charge is -2.07. The SMILES string of the molecule is Cn1ncc2c(SCc3nc(N)nc(Nc4ccccc4)n3)ncnc21. The van der Waals surface area contributed by atoms with Crippen LogP contribution in [-0.4, -0.2) is 34.7 Å². The summed E-state index contributed by atoms with van der Waals surface area (Å²) in [5.41, 5.74) is 7.49. The maximum atomic E-state index is 5.83. The van der Waals surface area contributed by atoms with Gasteiger partial charge in [-0.1, -0.05) is 30.0 Å². The number of aromatic nitrogens is 7. The Labute approximate surface area is 153 Å². The van der Waals surface area contributed by atoms with Crippen LogP contribution in [0.4, 0.5) is 17.6 Å². The van der Waals surface area contributed by atoms with E-state index >= 15 is 0 Å². The second kappa shape index (κ2) is 6.92. The molecular weight excluding hydrogens is 350 g/mol. The zero-order valence-corrected chi connectivity index (χ0v) is 14.7. The first-order valence-electron chi connectivity index (χ1n) is 7.77. The number of para-hydroxylation sites is 1. The number of nitrogens with zero attached hydrogens (tertiary/aromatic N) is 7. The van der Waals surface area contributed by atoms with Gasteiger partial charge in [-0.2, -0.15) is 20.1 Å². The minimum Gasteiger partial charge on any atom is -0.368 e. The van der Waals surface area contributed by atoms with Crippen LogP contribution in [0.1, 0.15) is 5.82 Å². The van der Waals surface area contributed by atoms with Gasteiger partial charge in [-0.05, 0) is 12.1 Å². The normalized spacial score (nSPS) is 11.0. The van der Waals surface area contributed by atoms with Crippen LogP contribution in [-0.2, 0) is 12.8 Å². The lowest BCUT2D eigenvalue weighted by Crippen LogP contribution is -2.06. The second-order valence-corrected chi connectivity index (χ2v) is 6.36. The lowest BCUT2D eigenvalue weighted by atomic mass is 10.3. The van der Waals surface area contributed by atoms with Crippen molar-refractivity contribution in [2.45, 2.75) is 10.8 Å². The molecule has 0 atom stereocenters. The van der Waals surface area contributed by atoms with Gasteiger partial charge in [-0.25, -0.2) is 9.97 Å². The van der Waals surface area contributed by atoms with Gasteiger partial charge in [0, 0.05) is 12.7 Å². The van der Waals surface area contributed by atoms with E-state index in [0.717, 1.165) is 21.7 Å². The van der Waals surface area contributed by atoms with Gasteiger partial charge >= 0.3 is 0 Å². The summed E-state index contributed by atoms with van der Waals surface area (Å²) in [6.07, 6.45) is 3.28. The first-order valence-corrected chi connectivity index (χ1v) is 8.75. The van der Waals surface area contributed by atoms with Crippen molar-refractivity contribution in [3.05, 3.63) is 48.7 Å². The fourth-order valence-corrected chi connectivity index (χ4v) is 3.21. The highest BCUT2D eigenvalue weighted by molar-refractivity contribution is 7.98. The van der Waals surface area contributed by atoms with Crippen molar-refractivity contribution in [1.82, 2.24) is 34.7 Å². The number of anilines is 3. The average molecular weight is 365 g/mol. The van der Waals surface area contributed by atoms with E-state index in [0.29, 0.717) is 17.5 Å². The van der Waals surface area contributed by atoms with Crippen molar-refractivity contribution in [3.8, 4) is 0 Å². The Kier molecular flexibility index (Phi) is 4.32. The van der Waals surface area contributed by atoms with Gasteiger partial charge in [0.2, 0.25) is 11.9 Å². The third kappa shape index (κ3) is 3.40. The predicted molar refractivity (Wildman–Crippen MR) is 99.8 cm³/mol. The van der Waals surface area contributed by atoms with Crippen molar-refractivity contribution in [3.63, 3.8) is 0 Å². The number of hydrogen-bond donors (Lipinski definition) is 2. The van der Waals surface area contributed by atoms with Gasteiger partial charge in [-0.3, -0.25) is 4.68 Å². The Morgan fingerprint density at radius 1 is 1.12 bits per heavy atom. The maximum absolute atomic E-state index is 5.83. The van der Waals surface area contributed by atoms with Crippen molar-refractivity contribution in [2.24, 2.45) is 7.05 Å². The fraction of sp³-hybridized carbons (Fsp3) is 0.125. The summed E-state index contributed by atoms with van der Waals surface area (Å²) in [4.78, 5) is 21.3. The first kappa shape index (κ1) is 16.2. The molecule has 9 nitrogen and oxygen atoms in total. The summed E-state index contributed by atoms with van der Waals surface area (Å²) in [7, 11) is 1.85. The van der Waals surface area contributed by atoms with E-state index in [1.807, 2.05) is 37.4 Å². The summed E-state index contributed by atoms with van der Waals surface area (Å²) >= 11 is 1.50. The minimum absolute atomic E-state index is 0.170. The number of rotatable bonds is 5. The van der Waals surface area contributed by atoms with E-state index in [1.54, 1.807) is 10.9 Å². The Hall–Kier alpha value is -3.27. The van der Waals surface area contributed by atoms with Crippen molar-refractivity contribution < 1.29 is 0 Å². The van der Waals surface area contributed by atoms with Crippen LogP contribution in [0, 0.1) is 0 Å². The molecule has 0 aliphatic carbocycles. The number of thioether (sulfide) groups is 1. The van der Waals surface area contributed by atoms with Crippen molar-refractivity contribution in [2.75, 3.05) is 11.1 Å². The third-order valence-electron chi connectivity index (χ3n) is 3.56. The topological polar surface area (TPSA) is 120 Å². The minimum atomic E-state index is 0.170. The van der Waals surface area contributed by atoms with Crippen LogP contribution in [0.2, 0.25) is 0 Å². The number of hydrogen-bond acceptors (Lipinski definition) is 9. The van der Waals surface area contributed by atoms with Crippen molar-refractivity contribution >= 4 is 40.4 Å². The fourth-order valence-electron chi connectivity index (χ4n) is 2.40. The molecule has 0 radical (unpaired) electrons. The average Bonchev–Trinajstić information content (AvgIpc) is 3.02. The summed E-state index contributed by atoms with van der Waals surface area (Å²) in [5, 5.41) is 9.05. The molecule has 4 rings (SSSR count). The summed E-state index contributed by atoms with van der Waals surface area (Å²) < 4.78 is 1.71. The molecule has 130 valence electrons. The van der Waals surface area contributed by atoms with E-state index in [9.17, 15) is 0 Å². The number of benzene rings is 1. The lowest BCUT2D eigenvalue weighted by molar-refractivity contribution is 0.784. The van der Waals surface area contributed by atoms with Crippen LogP contribution < -0.4 is 11.1 Å². The highest BCUT2D eigenvalue weighted by Gasteiger charge is 2.11. The van der Waals surface area contributed by atoms with E-state index in [2.05, 4.69) is 35.3 Å². The molecule has 1 aromatic carbocycles. The molecule has 0 bridgehead atoms. The van der Waals surface area contributed by atoms with Crippen molar-refractivity contribution in [1.29, 1.82) is 0 Å². The van der Waals surface area contributed by atoms with Gasteiger partial charge in [0.1, 0.15) is 17.2 Å².